The van der Waals surface area contributed by atoms with Gasteiger partial charge in [0.25, 0.3) is 0 Å². The standard InChI is InChI=1S/C13H18ClN/c1-10(2)12-6-4-5-7-13(12)15-9-11(3)8-14/h4-8,10,15H,9H2,1-3H3/b11-8+. The van der Waals surface area contributed by atoms with Gasteiger partial charge in [0.2, 0.25) is 0 Å². The molecule has 0 aliphatic rings. The minimum absolute atomic E-state index is 0.536. The molecule has 0 amide bonds. The van der Waals surface area contributed by atoms with Gasteiger partial charge in [-0.3, -0.25) is 0 Å². The number of rotatable bonds is 4. The van der Waals surface area contributed by atoms with Crippen molar-refractivity contribution in [1.29, 1.82) is 0 Å². The highest BCUT2D eigenvalue weighted by atomic mass is 35.5. The Morgan fingerprint density at radius 1 is 1.40 bits per heavy atom. The molecule has 0 saturated heterocycles. The van der Waals surface area contributed by atoms with Crippen molar-refractivity contribution in [2.45, 2.75) is 26.7 Å². The molecule has 1 rings (SSSR count). The van der Waals surface area contributed by atoms with Gasteiger partial charge in [-0.1, -0.05) is 43.6 Å². The van der Waals surface area contributed by atoms with Crippen LogP contribution in [0.1, 0.15) is 32.3 Å². The molecule has 15 heavy (non-hydrogen) atoms. The lowest BCUT2D eigenvalue weighted by Gasteiger charge is -2.14. The summed E-state index contributed by atoms with van der Waals surface area (Å²) in [6.07, 6.45) is 0. The van der Waals surface area contributed by atoms with Gasteiger partial charge in [-0.25, -0.2) is 0 Å². The fourth-order valence-corrected chi connectivity index (χ4v) is 1.51. The molecule has 0 atom stereocenters. The normalized spacial score (nSPS) is 11.9. The lowest BCUT2D eigenvalue weighted by Crippen LogP contribution is -2.05. The molecule has 1 aromatic rings. The van der Waals surface area contributed by atoms with Crippen LogP contribution >= 0.6 is 11.6 Å². The third-order valence-corrected chi connectivity index (χ3v) is 2.70. The molecule has 0 fully saturated rings. The first kappa shape index (κ1) is 12.1. The second-order valence-electron chi connectivity index (χ2n) is 4.05. The number of halogens is 1. The Morgan fingerprint density at radius 2 is 2.07 bits per heavy atom. The van der Waals surface area contributed by atoms with Gasteiger partial charge >= 0.3 is 0 Å². The molecule has 0 aromatic heterocycles. The van der Waals surface area contributed by atoms with Gasteiger partial charge in [-0.05, 0) is 30.0 Å². The lowest BCUT2D eigenvalue weighted by atomic mass is 10.0. The van der Waals surface area contributed by atoms with Crippen molar-refractivity contribution in [3.8, 4) is 0 Å². The van der Waals surface area contributed by atoms with E-state index in [4.69, 9.17) is 11.6 Å². The van der Waals surface area contributed by atoms with E-state index in [1.165, 1.54) is 11.3 Å². The van der Waals surface area contributed by atoms with Crippen molar-refractivity contribution in [3.63, 3.8) is 0 Å². The van der Waals surface area contributed by atoms with Crippen LogP contribution in [0.5, 0.6) is 0 Å². The van der Waals surface area contributed by atoms with E-state index >= 15 is 0 Å². The fourth-order valence-electron chi connectivity index (χ4n) is 1.43. The number of hydrogen-bond acceptors (Lipinski definition) is 1. The van der Waals surface area contributed by atoms with Crippen LogP contribution in [-0.2, 0) is 0 Å². The quantitative estimate of drug-likeness (QED) is 0.800. The maximum absolute atomic E-state index is 5.62. The van der Waals surface area contributed by atoms with Gasteiger partial charge < -0.3 is 5.32 Å². The van der Waals surface area contributed by atoms with Gasteiger partial charge in [0.15, 0.2) is 0 Å². The van der Waals surface area contributed by atoms with E-state index in [2.05, 4.69) is 37.4 Å². The zero-order valence-corrected chi connectivity index (χ0v) is 10.3. The van der Waals surface area contributed by atoms with Crippen LogP contribution in [-0.4, -0.2) is 6.54 Å². The summed E-state index contributed by atoms with van der Waals surface area (Å²) in [6, 6.07) is 8.39. The highest BCUT2D eigenvalue weighted by Gasteiger charge is 2.04. The SMILES string of the molecule is C/C(=C\Cl)CNc1ccccc1C(C)C. The molecule has 0 bridgehead atoms. The molecule has 2 heteroatoms. The Morgan fingerprint density at radius 3 is 2.67 bits per heavy atom. The van der Waals surface area contributed by atoms with Crippen LogP contribution in [0.15, 0.2) is 35.4 Å². The van der Waals surface area contributed by atoms with E-state index in [1.807, 2.05) is 13.0 Å². The van der Waals surface area contributed by atoms with Gasteiger partial charge in [-0.15, -0.1) is 0 Å². The second-order valence-corrected chi connectivity index (χ2v) is 4.27. The third-order valence-electron chi connectivity index (χ3n) is 2.33. The van der Waals surface area contributed by atoms with Gasteiger partial charge in [0.05, 0.1) is 0 Å². The van der Waals surface area contributed by atoms with Crippen molar-refractivity contribution in [1.82, 2.24) is 0 Å². The Balaban J connectivity index is 2.76. The van der Waals surface area contributed by atoms with Crippen molar-refractivity contribution >= 4 is 17.3 Å². The van der Waals surface area contributed by atoms with Crippen LogP contribution in [0.4, 0.5) is 5.69 Å². The molecule has 1 aromatic carbocycles. The first-order valence-electron chi connectivity index (χ1n) is 5.23. The lowest BCUT2D eigenvalue weighted by molar-refractivity contribution is 0.867. The molecule has 82 valence electrons. The van der Waals surface area contributed by atoms with Gasteiger partial charge in [-0.2, -0.15) is 0 Å². The highest BCUT2D eigenvalue weighted by Crippen LogP contribution is 2.23. The fraction of sp³-hybridized carbons (Fsp3) is 0.385. The summed E-state index contributed by atoms with van der Waals surface area (Å²) in [4.78, 5) is 0. The van der Waals surface area contributed by atoms with Crippen LogP contribution in [0.2, 0.25) is 0 Å². The van der Waals surface area contributed by atoms with Crippen molar-refractivity contribution in [2.24, 2.45) is 0 Å². The number of anilines is 1. The number of nitrogens with one attached hydrogen (secondary N) is 1. The van der Waals surface area contributed by atoms with Crippen molar-refractivity contribution in [3.05, 3.63) is 40.9 Å². The van der Waals surface area contributed by atoms with E-state index in [0.717, 1.165) is 12.1 Å². The van der Waals surface area contributed by atoms with Crippen LogP contribution in [0.25, 0.3) is 0 Å². The summed E-state index contributed by atoms with van der Waals surface area (Å²) in [5, 5.41) is 3.39. The number of hydrogen-bond donors (Lipinski definition) is 1. The van der Waals surface area contributed by atoms with Gasteiger partial charge in [0, 0.05) is 17.8 Å². The summed E-state index contributed by atoms with van der Waals surface area (Å²) in [5.41, 5.74) is 5.30. The molecule has 1 N–H and O–H groups in total. The van der Waals surface area contributed by atoms with Crippen LogP contribution in [0, 0.1) is 0 Å². The van der Waals surface area contributed by atoms with Crippen molar-refractivity contribution in [2.75, 3.05) is 11.9 Å². The summed E-state index contributed by atoms with van der Waals surface area (Å²) < 4.78 is 0. The maximum Gasteiger partial charge on any atom is 0.0377 e. The maximum atomic E-state index is 5.62. The van der Waals surface area contributed by atoms with Crippen molar-refractivity contribution < 1.29 is 0 Å². The predicted octanol–water partition coefficient (Wildman–Crippen LogP) is 4.36. The summed E-state index contributed by atoms with van der Waals surface area (Å²) in [5.74, 6) is 0.536. The smallest absolute Gasteiger partial charge is 0.0377 e. The minimum Gasteiger partial charge on any atom is -0.381 e. The highest BCUT2D eigenvalue weighted by molar-refractivity contribution is 6.25. The molecule has 1 nitrogen and oxygen atoms in total. The second kappa shape index (κ2) is 5.82. The molecule has 0 radical (unpaired) electrons. The average Bonchev–Trinajstić information content (AvgIpc) is 2.26. The summed E-state index contributed by atoms with van der Waals surface area (Å²) in [6.45, 7) is 7.21. The molecular weight excluding hydrogens is 206 g/mol. The van der Waals surface area contributed by atoms with Gasteiger partial charge in [0.1, 0.15) is 0 Å². The van der Waals surface area contributed by atoms with E-state index in [-0.39, 0.29) is 0 Å². The molecular formula is C13H18ClN. The Hall–Kier alpha value is -0.950. The summed E-state index contributed by atoms with van der Waals surface area (Å²) >= 11 is 5.62. The molecule has 0 unspecified atom stereocenters. The largest absolute Gasteiger partial charge is 0.381 e. The predicted molar refractivity (Wildman–Crippen MR) is 68.6 cm³/mol. The van der Waals surface area contributed by atoms with E-state index in [0.29, 0.717) is 5.92 Å². The molecule has 0 aliphatic carbocycles. The van der Waals surface area contributed by atoms with Crippen LogP contribution in [0.3, 0.4) is 0 Å². The number of benzene rings is 1. The minimum atomic E-state index is 0.536. The zero-order valence-electron chi connectivity index (χ0n) is 9.55. The van der Waals surface area contributed by atoms with Crippen LogP contribution < -0.4 is 5.32 Å². The average molecular weight is 224 g/mol. The molecule has 0 saturated carbocycles. The van der Waals surface area contributed by atoms with E-state index < -0.39 is 0 Å². The molecule has 0 heterocycles. The first-order valence-corrected chi connectivity index (χ1v) is 5.67. The Labute approximate surface area is 97.1 Å². The third kappa shape index (κ3) is 3.60. The Kier molecular flexibility index (Phi) is 4.70. The molecule has 0 aliphatic heterocycles. The monoisotopic (exact) mass is 223 g/mol. The number of para-hydroxylation sites is 1. The first-order chi connectivity index (χ1) is 7.15. The summed E-state index contributed by atoms with van der Waals surface area (Å²) in [7, 11) is 0. The van der Waals surface area contributed by atoms with E-state index in [1.54, 1.807) is 5.54 Å². The zero-order chi connectivity index (χ0) is 11.3. The molecule has 0 spiro atoms. The van der Waals surface area contributed by atoms with E-state index in [9.17, 15) is 0 Å². The topological polar surface area (TPSA) is 12.0 Å². The Bertz CT molecular complexity index is 342.